The van der Waals surface area contributed by atoms with E-state index in [2.05, 4.69) is 47.0 Å². The lowest BCUT2D eigenvalue weighted by atomic mass is 9.90. The van der Waals surface area contributed by atoms with Gasteiger partial charge in [-0.05, 0) is 30.9 Å². The van der Waals surface area contributed by atoms with Gasteiger partial charge in [-0.1, -0.05) is 36.7 Å². The highest BCUT2D eigenvalue weighted by atomic mass is 79.9. The van der Waals surface area contributed by atoms with Gasteiger partial charge < -0.3 is 5.32 Å². The zero-order valence-corrected chi connectivity index (χ0v) is 13.0. The molecule has 1 N–H and O–H groups in total. The van der Waals surface area contributed by atoms with E-state index in [1.165, 1.54) is 0 Å². The number of pyridine rings is 1. The summed E-state index contributed by atoms with van der Waals surface area (Å²) in [4.78, 5) is 16.4. The molecule has 0 saturated heterocycles. The van der Waals surface area contributed by atoms with Crippen LogP contribution in [0.25, 0.3) is 0 Å². The van der Waals surface area contributed by atoms with Crippen molar-refractivity contribution in [1.29, 1.82) is 0 Å². The fourth-order valence-corrected chi connectivity index (χ4v) is 2.89. The van der Waals surface area contributed by atoms with Crippen molar-refractivity contribution in [2.45, 2.75) is 38.9 Å². The third-order valence-electron chi connectivity index (χ3n) is 2.57. The molecule has 1 unspecified atom stereocenters. The van der Waals surface area contributed by atoms with E-state index in [1.807, 2.05) is 6.92 Å². The molecule has 0 spiro atoms. The highest BCUT2D eigenvalue weighted by Crippen LogP contribution is 2.24. The summed E-state index contributed by atoms with van der Waals surface area (Å²) in [6, 6.07) is 3.58. The zero-order valence-electron chi connectivity index (χ0n) is 11.5. The summed E-state index contributed by atoms with van der Waals surface area (Å²) in [5.41, 5.74) is 1.66. The molecular weight excluding hydrogens is 292 g/mol. The van der Waals surface area contributed by atoms with Crippen molar-refractivity contribution in [3.05, 3.63) is 29.6 Å². The van der Waals surface area contributed by atoms with Crippen LogP contribution < -0.4 is 5.32 Å². The van der Waals surface area contributed by atoms with Crippen LogP contribution in [0.4, 0.5) is 0 Å². The third-order valence-corrected chi connectivity index (χ3v) is 3.22. The van der Waals surface area contributed by atoms with Crippen LogP contribution in [0, 0.1) is 12.3 Å². The number of aromatic nitrogens is 1. The Morgan fingerprint density at radius 2 is 2.17 bits per heavy atom. The lowest BCUT2D eigenvalue weighted by molar-refractivity contribution is 0.0951. The minimum atomic E-state index is -0.0565. The Kier molecular flexibility index (Phi) is 5.32. The molecular formula is C14H21BrN2O. The van der Waals surface area contributed by atoms with Gasteiger partial charge in [-0.2, -0.15) is 0 Å². The minimum Gasteiger partial charge on any atom is -0.351 e. The van der Waals surface area contributed by atoms with Gasteiger partial charge in [-0.15, -0.1) is 0 Å². The lowest BCUT2D eigenvalue weighted by Gasteiger charge is -2.22. The number of nitrogens with one attached hydrogen (secondary N) is 1. The van der Waals surface area contributed by atoms with Crippen LogP contribution in [0.3, 0.4) is 0 Å². The van der Waals surface area contributed by atoms with Gasteiger partial charge in [0.15, 0.2) is 0 Å². The molecule has 1 rings (SSSR count). The molecule has 0 aromatic carbocycles. The Morgan fingerprint density at radius 3 is 2.72 bits per heavy atom. The number of alkyl halides is 1. The molecule has 1 amide bonds. The summed E-state index contributed by atoms with van der Waals surface area (Å²) in [5, 5.41) is 2.94. The fourth-order valence-electron chi connectivity index (χ4n) is 1.76. The quantitative estimate of drug-likeness (QED) is 0.867. The van der Waals surface area contributed by atoms with Crippen LogP contribution in [0.15, 0.2) is 18.3 Å². The highest BCUT2D eigenvalue weighted by Gasteiger charge is 2.17. The van der Waals surface area contributed by atoms with Gasteiger partial charge in [0, 0.05) is 23.3 Å². The maximum absolute atomic E-state index is 12.0. The van der Waals surface area contributed by atoms with E-state index < -0.39 is 0 Å². The molecule has 0 aliphatic rings. The highest BCUT2D eigenvalue weighted by molar-refractivity contribution is 9.09. The van der Waals surface area contributed by atoms with Gasteiger partial charge in [0.05, 0.1) is 5.56 Å². The van der Waals surface area contributed by atoms with Gasteiger partial charge in [0.2, 0.25) is 0 Å². The van der Waals surface area contributed by atoms with Crippen LogP contribution in [-0.4, -0.2) is 22.3 Å². The summed E-state index contributed by atoms with van der Waals surface area (Å²) in [6.45, 7) is 9.04. The van der Waals surface area contributed by atoms with E-state index in [1.54, 1.807) is 18.3 Å². The number of hydrogen-bond acceptors (Lipinski definition) is 2. The van der Waals surface area contributed by atoms with Crippen LogP contribution >= 0.6 is 15.9 Å². The first-order valence-corrected chi connectivity index (χ1v) is 7.05. The Hall–Kier alpha value is -0.900. The molecule has 3 nitrogen and oxygen atoms in total. The minimum absolute atomic E-state index is 0.0565. The van der Waals surface area contributed by atoms with Crippen LogP contribution in [0.2, 0.25) is 0 Å². The molecule has 0 aliphatic carbocycles. The molecule has 4 heteroatoms. The molecule has 0 radical (unpaired) electrons. The Labute approximate surface area is 118 Å². The van der Waals surface area contributed by atoms with Gasteiger partial charge in [0.25, 0.3) is 5.91 Å². The largest absolute Gasteiger partial charge is 0.351 e. The summed E-state index contributed by atoms with van der Waals surface area (Å²) < 4.78 is 0. The number of hydrogen-bond donors (Lipinski definition) is 1. The second-order valence-electron chi connectivity index (χ2n) is 5.71. The van der Waals surface area contributed by atoms with E-state index in [0.717, 1.165) is 12.1 Å². The molecule has 100 valence electrons. The second-order valence-corrected chi connectivity index (χ2v) is 7.00. The SMILES string of the molecule is Cc1ncccc1C(=O)NCC(Br)CC(C)(C)C. The number of amides is 1. The van der Waals surface area contributed by atoms with Gasteiger partial charge in [0.1, 0.15) is 0 Å². The second kappa shape index (κ2) is 6.32. The standard InChI is InChI=1S/C14H21BrN2O/c1-10-12(6-5-7-16-10)13(18)17-9-11(15)8-14(2,3)4/h5-7,11H,8-9H2,1-4H3,(H,17,18). The normalized spacial score (nSPS) is 13.2. The van der Waals surface area contributed by atoms with E-state index in [-0.39, 0.29) is 11.3 Å². The average Bonchev–Trinajstić information content (AvgIpc) is 2.24. The summed E-state index contributed by atoms with van der Waals surface area (Å²) in [6.07, 6.45) is 2.71. The van der Waals surface area contributed by atoms with Gasteiger partial charge >= 0.3 is 0 Å². The summed E-state index contributed by atoms with van der Waals surface area (Å²) >= 11 is 3.60. The first kappa shape index (κ1) is 15.2. The van der Waals surface area contributed by atoms with E-state index >= 15 is 0 Å². The molecule has 1 aromatic rings. The van der Waals surface area contributed by atoms with Crippen molar-refractivity contribution in [3.63, 3.8) is 0 Å². The number of carbonyl (C=O) groups excluding carboxylic acids is 1. The number of carbonyl (C=O) groups is 1. The molecule has 1 atom stereocenters. The average molecular weight is 313 g/mol. The van der Waals surface area contributed by atoms with Crippen molar-refractivity contribution in [1.82, 2.24) is 10.3 Å². The van der Waals surface area contributed by atoms with Crippen molar-refractivity contribution < 1.29 is 4.79 Å². The molecule has 1 heterocycles. The molecule has 0 bridgehead atoms. The monoisotopic (exact) mass is 312 g/mol. The van der Waals surface area contributed by atoms with E-state index in [9.17, 15) is 4.79 Å². The topological polar surface area (TPSA) is 42.0 Å². The molecule has 18 heavy (non-hydrogen) atoms. The van der Waals surface area contributed by atoms with Crippen LogP contribution in [0.1, 0.15) is 43.2 Å². The first-order chi connectivity index (χ1) is 8.29. The first-order valence-electron chi connectivity index (χ1n) is 6.13. The molecule has 0 saturated carbocycles. The van der Waals surface area contributed by atoms with Crippen molar-refractivity contribution >= 4 is 21.8 Å². The van der Waals surface area contributed by atoms with Crippen LogP contribution in [-0.2, 0) is 0 Å². The van der Waals surface area contributed by atoms with Crippen molar-refractivity contribution in [2.75, 3.05) is 6.54 Å². The van der Waals surface area contributed by atoms with Crippen LogP contribution in [0.5, 0.6) is 0 Å². The number of nitrogens with zero attached hydrogens (tertiary/aromatic N) is 1. The van der Waals surface area contributed by atoms with Crippen molar-refractivity contribution in [3.8, 4) is 0 Å². The smallest absolute Gasteiger partial charge is 0.253 e. The predicted octanol–water partition coefficient (Wildman–Crippen LogP) is 3.32. The maximum atomic E-state index is 12.0. The van der Waals surface area contributed by atoms with Gasteiger partial charge in [-0.3, -0.25) is 9.78 Å². The van der Waals surface area contributed by atoms with E-state index in [4.69, 9.17) is 0 Å². The van der Waals surface area contributed by atoms with Gasteiger partial charge in [-0.25, -0.2) is 0 Å². The lowest BCUT2D eigenvalue weighted by Crippen LogP contribution is -2.31. The Morgan fingerprint density at radius 1 is 1.50 bits per heavy atom. The summed E-state index contributed by atoms with van der Waals surface area (Å²) in [7, 11) is 0. The third kappa shape index (κ3) is 5.17. The number of halogens is 1. The number of aryl methyl sites for hydroxylation is 1. The summed E-state index contributed by atoms with van der Waals surface area (Å²) in [5.74, 6) is -0.0565. The molecule has 0 fully saturated rings. The fraction of sp³-hybridized carbons (Fsp3) is 0.571. The predicted molar refractivity (Wildman–Crippen MR) is 78.1 cm³/mol. The maximum Gasteiger partial charge on any atom is 0.253 e. The zero-order chi connectivity index (χ0) is 13.8. The number of rotatable bonds is 4. The Balaban J connectivity index is 2.50. The Bertz CT molecular complexity index is 413. The molecule has 1 aromatic heterocycles. The van der Waals surface area contributed by atoms with E-state index in [0.29, 0.717) is 16.9 Å². The van der Waals surface area contributed by atoms with Crippen molar-refractivity contribution in [2.24, 2.45) is 5.41 Å². The molecule has 0 aliphatic heterocycles.